The predicted molar refractivity (Wildman–Crippen MR) is 96.0 cm³/mol. The maximum absolute atomic E-state index is 12.1. The molecule has 1 N–H and O–H groups in total. The third-order valence-corrected chi connectivity index (χ3v) is 3.90. The average Bonchev–Trinajstić information content (AvgIpc) is 2.60. The minimum absolute atomic E-state index is 0.0131. The number of rotatable bonds is 4. The van der Waals surface area contributed by atoms with Gasteiger partial charge in [0.05, 0.1) is 6.04 Å². The van der Waals surface area contributed by atoms with Crippen LogP contribution in [0.15, 0.2) is 78.9 Å². The second-order valence-electron chi connectivity index (χ2n) is 5.54. The average molecular weight is 301 g/mol. The van der Waals surface area contributed by atoms with Gasteiger partial charge in [0, 0.05) is 6.08 Å². The monoisotopic (exact) mass is 301 g/mol. The fourth-order valence-electron chi connectivity index (χ4n) is 2.65. The lowest BCUT2D eigenvalue weighted by Crippen LogP contribution is -2.24. The highest BCUT2D eigenvalue weighted by Crippen LogP contribution is 2.19. The van der Waals surface area contributed by atoms with Crippen LogP contribution in [0.4, 0.5) is 0 Å². The summed E-state index contributed by atoms with van der Waals surface area (Å²) in [6, 6.07) is 24.2. The summed E-state index contributed by atoms with van der Waals surface area (Å²) < 4.78 is 0. The van der Waals surface area contributed by atoms with Crippen molar-refractivity contribution in [3.05, 3.63) is 90.0 Å². The summed E-state index contributed by atoms with van der Waals surface area (Å²) in [7, 11) is 0. The third kappa shape index (κ3) is 3.67. The van der Waals surface area contributed by atoms with E-state index in [0.717, 1.165) is 16.5 Å². The van der Waals surface area contributed by atoms with Gasteiger partial charge in [-0.1, -0.05) is 72.8 Å². The van der Waals surface area contributed by atoms with Crippen LogP contribution in [0.25, 0.3) is 16.8 Å². The van der Waals surface area contributed by atoms with E-state index in [-0.39, 0.29) is 11.9 Å². The zero-order valence-corrected chi connectivity index (χ0v) is 13.1. The third-order valence-electron chi connectivity index (χ3n) is 3.90. The number of carbonyl (C=O) groups is 1. The Bertz CT molecular complexity index is 831. The highest BCUT2D eigenvalue weighted by molar-refractivity contribution is 5.96. The second kappa shape index (κ2) is 6.93. The van der Waals surface area contributed by atoms with Gasteiger partial charge in [-0.3, -0.25) is 4.79 Å². The Kier molecular flexibility index (Phi) is 4.53. The first kappa shape index (κ1) is 15.0. The molecule has 0 aliphatic heterocycles. The van der Waals surface area contributed by atoms with Crippen LogP contribution in [0, 0.1) is 0 Å². The molecule has 0 spiro atoms. The van der Waals surface area contributed by atoms with Crippen LogP contribution < -0.4 is 5.32 Å². The van der Waals surface area contributed by atoms with Gasteiger partial charge in [-0.05, 0) is 34.9 Å². The molecule has 3 aromatic carbocycles. The van der Waals surface area contributed by atoms with Crippen LogP contribution in [0.2, 0.25) is 0 Å². The molecule has 0 fully saturated rings. The molecule has 1 atom stereocenters. The van der Waals surface area contributed by atoms with Gasteiger partial charge in [0.15, 0.2) is 0 Å². The Labute approximate surface area is 136 Å². The van der Waals surface area contributed by atoms with E-state index in [9.17, 15) is 4.79 Å². The summed E-state index contributed by atoms with van der Waals surface area (Å²) in [4.78, 5) is 12.1. The van der Waals surface area contributed by atoms with E-state index in [4.69, 9.17) is 0 Å². The van der Waals surface area contributed by atoms with Crippen molar-refractivity contribution in [2.45, 2.75) is 13.0 Å². The maximum Gasteiger partial charge on any atom is 0.244 e. The van der Waals surface area contributed by atoms with Crippen molar-refractivity contribution < 1.29 is 4.79 Å². The number of hydrogen-bond acceptors (Lipinski definition) is 1. The summed E-state index contributed by atoms with van der Waals surface area (Å²) in [5, 5.41) is 5.31. The van der Waals surface area contributed by atoms with Crippen molar-refractivity contribution in [3.63, 3.8) is 0 Å². The Morgan fingerprint density at radius 1 is 0.913 bits per heavy atom. The predicted octanol–water partition coefficient (Wildman–Crippen LogP) is 4.73. The number of amides is 1. The summed E-state index contributed by atoms with van der Waals surface area (Å²) in [5.74, 6) is -0.0886. The van der Waals surface area contributed by atoms with Gasteiger partial charge >= 0.3 is 0 Å². The Balaban J connectivity index is 1.73. The number of carbonyl (C=O) groups excluding carboxylic acids is 1. The maximum atomic E-state index is 12.1. The van der Waals surface area contributed by atoms with Gasteiger partial charge in [0.25, 0.3) is 0 Å². The Morgan fingerprint density at radius 3 is 2.43 bits per heavy atom. The quantitative estimate of drug-likeness (QED) is 0.693. The standard InChI is InChI=1S/C21H19NO/c1-16(17-8-3-2-4-9-17)22-21(23)15-14-19-12-7-11-18-10-5-6-13-20(18)19/h2-16H,1H3,(H,22,23)/b15-14+/t16-/m0/s1. The lowest BCUT2D eigenvalue weighted by atomic mass is 10.0. The fraction of sp³-hybridized carbons (Fsp3) is 0.0952. The lowest BCUT2D eigenvalue weighted by Gasteiger charge is -2.12. The molecule has 0 heterocycles. The molecule has 114 valence electrons. The molecule has 2 nitrogen and oxygen atoms in total. The molecule has 3 rings (SSSR count). The first-order valence-corrected chi connectivity index (χ1v) is 7.75. The van der Waals surface area contributed by atoms with Crippen molar-refractivity contribution in [1.29, 1.82) is 0 Å². The Morgan fingerprint density at radius 2 is 1.61 bits per heavy atom. The summed E-state index contributed by atoms with van der Waals surface area (Å²) >= 11 is 0. The summed E-state index contributed by atoms with van der Waals surface area (Å²) in [5.41, 5.74) is 2.14. The van der Waals surface area contributed by atoms with Gasteiger partial charge in [-0.2, -0.15) is 0 Å². The van der Waals surface area contributed by atoms with E-state index in [0.29, 0.717) is 0 Å². The van der Waals surface area contributed by atoms with Crippen LogP contribution >= 0.6 is 0 Å². The van der Waals surface area contributed by atoms with Crippen molar-refractivity contribution >= 4 is 22.8 Å². The van der Waals surface area contributed by atoms with Crippen molar-refractivity contribution in [1.82, 2.24) is 5.32 Å². The molecular formula is C21H19NO. The molecule has 0 radical (unpaired) electrons. The summed E-state index contributed by atoms with van der Waals surface area (Å²) in [6.45, 7) is 1.99. The number of hydrogen-bond donors (Lipinski definition) is 1. The van der Waals surface area contributed by atoms with Gasteiger partial charge < -0.3 is 5.32 Å². The van der Waals surface area contributed by atoms with Gasteiger partial charge in [0.1, 0.15) is 0 Å². The lowest BCUT2D eigenvalue weighted by molar-refractivity contribution is -0.117. The van der Waals surface area contributed by atoms with Crippen LogP contribution in [0.1, 0.15) is 24.1 Å². The minimum Gasteiger partial charge on any atom is -0.346 e. The molecule has 0 aliphatic carbocycles. The van der Waals surface area contributed by atoms with Crippen LogP contribution in [-0.2, 0) is 4.79 Å². The fourth-order valence-corrected chi connectivity index (χ4v) is 2.65. The SMILES string of the molecule is C[C@H](NC(=O)/C=C/c1cccc2ccccc12)c1ccccc1. The molecule has 0 saturated heterocycles. The number of benzene rings is 3. The molecule has 0 aliphatic rings. The molecule has 2 heteroatoms. The molecule has 0 saturated carbocycles. The molecule has 0 bridgehead atoms. The van der Waals surface area contributed by atoms with Crippen molar-refractivity contribution in [2.75, 3.05) is 0 Å². The molecule has 3 aromatic rings. The van der Waals surface area contributed by atoms with Gasteiger partial charge in [-0.25, -0.2) is 0 Å². The highest BCUT2D eigenvalue weighted by Gasteiger charge is 2.06. The smallest absolute Gasteiger partial charge is 0.244 e. The molecule has 0 aromatic heterocycles. The zero-order valence-electron chi connectivity index (χ0n) is 13.1. The molecule has 23 heavy (non-hydrogen) atoms. The second-order valence-corrected chi connectivity index (χ2v) is 5.54. The van der Waals surface area contributed by atoms with E-state index in [2.05, 4.69) is 23.5 Å². The normalized spacial score (nSPS) is 12.4. The van der Waals surface area contributed by atoms with Crippen molar-refractivity contribution in [3.8, 4) is 0 Å². The van der Waals surface area contributed by atoms with Crippen LogP contribution in [0.3, 0.4) is 0 Å². The topological polar surface area (TPSA) is 29.1 Å². The molecule has 0 unspecified atom stereocenters. The number of nitrogens with one attached hydrogen (secondary N) is 1. The molecule has 1 amide bonds. The van der Waals surface area contributed by atoms with Gasteiger partial charge in [-0.15, -0.1) is 0 Å². The Hall–Kier alpha value is -2.87. The zero-order chi connectivity index (χ0) is 16.1. The van der Waals surface area contributed by atoms with Crippen LogP contribution in [-0.4, -0.2) is 5.91 Å². The summed E-state index contributed by atoms with van der Waals surface area (Å²) in [6.07, 6.45) is 3.47. The molecular weight excluding hydrogens is 282 g/mol. The van der Waals surface area contributed by atoms with Gasteiger partial charge in [0.2, 0.25) is 5.91 Å². The number of fused-ring (bicyclic) bond motifs is 1. The largest absolute Gasteiger partial charge is 0.346 e. The van der Waals surface area contributed by atoms with E-state index >= 15 is 0 Å². The van der Waals surface area contributed by atoms with Crippen molar-refractivity contribution in [2.24, 2.45) is 0 Å². The minimum atomic E-state index is -0.0886. The highest BCUT2D eigenvalue weighted by atomic mass is 16.1. The van der Waals surface area contributed by atoms with E-state index in [1.165, 1.54) is 5.39 Å². The van der Waals surface area contributed by atoms with E-state index in [1.807, 2.05) is 67.6 Å². The van der Waals surface area contributed by atoms with Crippen LogP contribution in [0.5, 0.6) is 0 Å². The first-order valence-electron chi connectivity index (χ1n) is 7.75. The van der Waals surface area contributed by atoms with E-state index < -0.39 is 0 Å². The van der Waals surface area contributed by atoms with E-state index in [1.54, 1.807) is 6.08 Å². The first-order chi connectivity index (χ1) is 11.2.